The van der Waals surface area contributed by atoms with Crippen molar-refractivity contribution in [2.24, 2.45) is 0 Å². The third kappa shape index (κ3) is 3.73. The third-order valence-corrected chi connectivity index (χ3v) is 5.17. The summed E-state index contributed by atoms with van der Waals surface area (Å²) in [6.45, 7) is -0.285. The minimum Gasteiger partial charge on any atom is -0.482 e. The van der Waals surface area contributed by atoms with Crippen LogP contribution in [0.25, 0.3) is 11.4 Å². The molecule has 9 heteroatoms. The van der Waals surface area contributed by atoms with Crippen molar-refractivity contribution in [1.82, 2.24) is 10.1 Å². The number of aromatic nitrogens is 2. The first-order valence-corrected chi connectivity index (χ1v) is 9.91. The van der Waals surface area contributed by atoms with E-state index in [1.165, 1.54) is 4.90 Å². The molecule has 0 atom stereocenters. The smallest absolute Gasteiger partial charge is 0.265 e. The van der Waals surface area contributed by atoms with E-state index in [2.05, 4.69) is 15.5 Å². The van der Waals surface area contributed by atoms with Crippen molar-refractivity contribution in [3.05, 3.63) is 53.4 Å². The highest BCUT2D eigenvalue weighted by atomic mass is 35.5. The molecule has 0 bridgehead atoms. The van der Waals surface area contributed by atoms with Gasteiger partial charge in [-0.05, 0) is 43.2 Å². The maximum absolute atomic E-state index is 12.6. The molecule has 1 N–H and O–H groups in total. The topological polar surface area (TPSA) is 97.6 Å². The van der Waals surface area contributed by atoms with Crippen molar-refractivity contribution in [2.45, 2.75) is 18.8 Å². The van der Waals surface area contributed by atoms with Crippen LogP contribution in [0, 0.1) is 0 Å². The number of ether oxygens (including phenoxy) is 1. The first-order chi connectivity index (χ1) is 14.6. The molecule has 0 saturated heterocycles. The second-order valence-electron chi connectivity index (χ2n) is 7.24. The number of hydrogen-bond donors (Lipinski definition) is 1. The van der Waals surface area contributed by atoms with Crippen molar-refractivity contribution in [3.8, 4) is 17.1 Å². The third-order valence-electron chi connectivity index (χ3n) is 4.94. The molecule has 1 fully saturated rings. The Morgan fingerprint density at radius 3 is 2.93 bits per heavy atom. The van der Waals surface area contributed by atoms with Gasteiger partial charge in [-0.25, -0.2) is 0 Å². The van der Waals surface area contributed by atoms with Crippen LogP contribution in [0.4, 0.5) is 11.4 Å². The van der Waals surface area contributed by atoms with Crippen LogP contribution in [0.5, 0.6) is 5.75 Å². The number of fused-ring (bicyclic) bond motifs is 1. The summed E-state index contributed by atoms with van der Waals surface area (Å²) in [6, 6.07) is 12.1. The molecule has 8 nitrogen and oxygen atoms in total. The minimum absolute atomic E-state index is 0.126. The Balaban J connectivity index is 1.31. The maximum Gasteiger partial charge on any atom is 0.265 e. The quantitative estimate of drug-likeness (QED) is 0.671. The number of hydrogen-bond acceptors (Lipinski definition) is 6. The van der Waals surface area contributed by atoms with Gasteiger partial charge in [-0.15, -0.1) is 0 Å². The second-order valence-corrected chi connectivity index (χ2v) is 7.68. The molecule has 1 saturated carbocycles. The fourth-order valence-electron chi connectivity index (χ4n) is 3.28. The lowest BCUT2D eigenvalue weighted by molar-refractivity contribution is -0.123. The minimum atomic E-state index is -0.347. The van der Waals surface area contributed by atoms with Gasteiger partial charge < -0.3 is 14.6 Å². The molecule has 2 aromatic carbocycles. The number of anilines is 2. The molecule has 2 amide bonds. The summed E-state index contributed by atoms with van der Waals surface area (Å²) in [5.41, 5.74) is 1.78. The second kappa shape index (κ2) is 7.46. The van der Waals surface area contributed by atoms with Crippen LogP contribution < -0.4 is 15.0 Å². The molecule has 0 unspecified atom stereocenters. The average Bonchev–Trinajstić information content (AvgIpc) is 3.47. The van der Waals surface area contributed by atoms with Crippen molar-refractivity contribution in [1.29, 1.82) is 0 Å². The normalized spacial score (nSPS) is 15.5. The highest BCUT2D eigenvalue weighted by molar-refractivity contribution is 6.31. The van der Waals surface area contributed by atoms with E-state index in [-0.39, 0.29) is 25.0 Å². The van der Waals surface area contributed by atoms with E-state index >= 15 is 0 Å². The van der Waals surface area contributed by atoms with Gasteiger partial charge in [0, 0.05) is 22.2 Å². The molecule has 3 aromatic rings. The van der Waals surface area contributed by atoms with Crippen LogP contribution in [0.15, 0.2) is 47.0 Å². The number of carbonyl (C=O) groups excluding carboxylic acids is 2. The molecule has 2 heterocycles. The van der Waals surface area contributed by atoms with Crippen molar-refractivity contribution in [3.63, 3.8) is 0 Å². The number of nitrogens with zero attached hydrogens (tertiary/aromatic N) is 3. The lowest BCUT2D eigenvalue weighted by atomic mass is 10.2. The molecule has 5 rings (SSSR count). The Hall–Kier alpha value is -3.39. The van der Waals surface area contributed by atoms with Gasteiger partial charge in [0.05, 0.1) is 5.69 Å². The Morgan fingerprint density at radius 1 is 1.23 bits per heavy atom. The van der Waals surface area contributed by atoms with Crippen LogP contribution in [0.2, 0.25) is 5.02 Å². The summed E-state index contributed by atoms with van der Waals surface area (Å²) in [5, 5.41) is 7.30. The SMILES string of the molecule is O=C(CN1C(=O)COc2ccc(Cl)cc21)Nc1cccc(-c2noc(C3CC3)n2)c1. The van der Waals surface area contributed by atoms with Gasteiger partial charge in [0.2, 0.25) is 17.6 Å². The highest BCUT2D eigenvalue weighted by Gasteiger charge is 2.30. The van der Waals surface area contributed by atoms with Gasteiger partial charge in [-0.1, -0.05) is 28.9 Å². The average molecular weight is 425 g/mol. The summed E-state index contributed by atoms with van der Waals surface area (Å²) in [5.74, 6) is 1.37. The number of carbonyl (C=O) groups is 2. The summed E-state index contributed by atoms with van der Waals surface area (Å²) < 4.78 is 10.7. The van der Waals surface area contributed by atoms with Gasteiger partial charge >= 0.3 is 0 Å². The molecule has 0 spiro atoms. The van der Waals surface area contributed by atoms with Crippen LogP contribution >= 0.6 is 11.6 Å². The Bertz CT molecular complexity index is 1140. The molecule has 1 aliphatic carbocycles. The van der Waals surface area contributed by atoms with E-state index in [0.717, 1.165) is 18.4 Å². The number of nitrogens with one attached hydrogen (secondary N) is 1. The van der Waals surface area contributed by atoms with E-state index in [9.17, 15) is 9.59 Å². The van der Waals surface area contributed by atoms with Gasteiger partial charge in [0.25, 0.3) is 5.91 Å². The number of benzene rings is 2. The number of halogens is 1. The Kier molecular flexibility index (Phi) is 4.63. The lowest BCUT2D eigenvalue weighted by Gasteiger charge is -2.29. The zero-order valence-electron chi connectivity index (χ0n) is 15.8. The largest absolute Gasteiger partial charge is 0.482 e. The number of rotatable bonds is 5. The van der Waals surface area contributed by atoms with Crippen LogP contribution in [0.1, 0.15) is 24.7 Å². The van der Waals surface area contributed by atoms with Crippen molar-refractivity contribution < 1.29 is 18.8 Å². The fourth-order valence-corrected chi connectivity index (χ4v) is 3.44. The highest BCUT2D eigenvalue weighted by Crippen LogP contribution is 2.39. The Morgan fingerprint density at radius 2 is 2.10 bits per heavy atom. The van der Waals surface area contributed by atoms with Crippen LogP contribution in [-0.4, -0.2) is 35.1 Å². The molecule has 30 heavy (non-hydrogen) atoms. The predicted octanol–water partition coefficient (Wildman–Crippen LogP) is 3.63. The number of amides is 2. The molecule has 1 aromatic heterocycles. The van der Waals surface area contributed by atoms with E-state index in [1.807, 2.05) is 6.07 Å². The Labute approximate surface area is 176 Å². The maximum atomic E-state index is 12.6. The zero-order chi connectivity index (χ0) is 20.7. The first-order valence-electron chi connectivity index (χ1n) is 9.53. The monoisotopic (exact) mass is 424 g/mol. The molecule has 152 valence electrons. The molecule has 1 aliphatic heterocycles. The van der Waals surface area contributed by atoms with E-state index < -0.39 is 0 Å². The van der Waals surface area contributed by atoms with Crippen molar-refractivity contribution >= 4 is 34.8 Å². The van der Waals surface area contributed by atoms with E-state index in [1.54, 1.807) is 36.4 Å². The zero-order valence-corrected chi connectivity index (χ0v) is 16.6. The van der Waals surface area contributed by atoms with Crippen LogP contribution in [0.3, 0.4) is 0 Å². The summed E-state index contributed by atoms with van der Waals surface area (Å²) in [7, 11) is 0. The first kappa shape index (κ1) is 18.6. The fraction of sp³-hybridized carbons (Fsp3) is 0.238. The van der Waals surface area contributed by atoms with Gasteiger partial charge in [-0.3, -0.25) is 14.5 Å². The van der Waals surface area contributed by atoms with Gasteiger partial charge in [0.15, 0.2) is 6.61 Å². The molecule has 2 aliphatic rings. The lowest BCUT2D eigenvalue weighted by Crippen LogP contribution is -2.43. The van der Waals surface area contributed by atoms with Crippen molar-refractivity contribution in [2.75, 3.05) is 23.4 Å². The molecule has 0 radical (unpaired) electrons. The summed E-state index contributed by atoms with van der Waals surface area (Å²) >= 11 is 6.04. The molecular formula is C21H17ClN4O4. The van der Waals surface area contributed by atoms with E-state index in [0.29, 0.717) is 39.8 Å². The van der Waals surface area contributed by atoms with E-state index in [4.69, 9.17) is 20.9 Å². The summed E-state index contributed by atoms with van der Waals surface area (Å²) in [4.78, 5) is 30.7. The van der Waals surface area contributed by atoms with Gasteiger partial charge in [0.1, 0.15) is 12.3 Å². The molecular weight excluding hydrogens is 408 g/mol. The summed E-state index contributed by atoms with van der Waals surface area (Å²) in [6.07, 6.45) is 2.15. The standard InChI is InChI=1S/C21H17ClN4O4/c22-14-6-7-17-16(9-14)26(19(28)11-29-17)10-18(27)23-15-3-1-2-13(8-15)20-24-21(30-25-20)12-4-5-12/h1-3,6-9,12H,4-5,10-11H2,(H,23,27). The van der Waals surface area contributed by atoms with Gasteiger partial charge in [-0.2, -0.15) is 4.98 Å². The van der Waals surface area contributed by atoms with Crippen LogP contribution in [-0.2, 0) is 9.59 Å². The predicted molar refractivity (Wildman–Crippen MR) is 110 cm³/mol.